The molecule has 0 bridgehead atoms. The summed E-state index contributed by atoms with van der Waals surface area (Å²) in [5.41, 5.74) is 9.48. The summed E-state index contributed by atoms with van der Waals surface area (Å²) in [5.74, 6) is 1.06. The molecule has 0 spiro atoms. The molecular weight excluding hydrogens is 488 g/mol. The Balaban J connectivity index is 1.21. The molecular formula is C31H40N6O2. The van der Waals surface area contributed by atoms with Gasteiger partial charge in [0.25, 0.3) is 0 Å². The first-order valence-electron chi connectivity index (χ1n) is 14.4. The summed E-state index contributed by atoms with van der Waals surface area (Å²) in [6.07, 6.45) is 6.84. The number of rotatable bonds is 6. The van der Waals surface area contributed by atoms with Crippen LogP contribution in [-0.2, 0) is 4.79 Å². The summed E-state index contributed by atoms with van der Waals surface area (Å²) < 4.78 is 1.88. The van der Waals surface area contributed by atoms with Gasteiger partial charge in [0.05, 0.1) is 11.8 Å². The van der Waals surface area contributed by atoms with Crippen molar-refractivity contribution >= 4 is 22.5 Å². The minimum Gasteiger partial charge on any atom is -0.392 e. The topological polar surface area (TPSA) is 89.8 Å². The number of carbonyl (C=O) groups is 1. The van der Waals surface area contributed by atoms with Gasteiger partial charge in [0.1, 0.15) is 6.33 Å². The molecule has 2 aliphatic rings. The number of fused-ring (bicyclic) bond motifs is 2. The minimum absolute atomic E-state index is 0.231. The number of piperidine rings is 1. The van der Waals surface area contributed by atoms with Crippen LogP contribution in [0.15, 0.2) is 30.7 Å². The number of likely N-dealkylation sites (tertiary alicyclic amines) is 2. The van der Waals surface area contributed by atoms with E-state index in [-0.39, 0.29) is 12.0 Å². The highest BCUT2D eigenvalue weighted by Crippen LogP contribution is 2.40. The molecule has 1 amide bonds. The Morgan fingerprint density at radius 2 is 1.92 bits per heavy atom. The number of pyridine rings is 1. The van der Waals surface area contributed by atoms with Crippen LogP contribution in [0.3, 0.4) is 0 Å². The standard InChI is InChI=1S/C31H40N6O2/c1-19(2)29-25-15-23(22-7-13-36(14-8-22)28(39)10-12-35-11-9-24(38)16-35)5-6-27(25)34-30(29)26-17-37-31(32-18-33-37)21(4)20(26)3/h5-6,15,17-19,22,24,34,38H,7-14,16H2,1-4H3/t24-/m0/s1. The van der Waals surface area contributed by atoms with Crippen LogP contribution in [-0.4, -0.2) is 79.2 Å². The number of aliphatic hydroxyl groups is 1. The largest absolute Gasteiger partial charge is 0.392 e. The second-order valence-electron chi connectivity index (χ2n) is 11.8. The third-order valence-electron chi connectivity index (χ3n) is 9.04. The Bertz CT molecular complexity index is 1510. The Kier molecular flexibility index (Phi) is 6.93. The quantitative estimate of drug-likeness (QED) is 0.376. The third kappa shape index (κ3) is 4.85. The summed E-state index contributed by atoms with van der Waals surface area (Å²) in [7, 11) is 0. The summed E-state index contributed by atoms with van der Waals surface area (Å²) in [5, 5.41) is 15.4. The number of H-pyrrole nitrogens is 1. The number of hydrogen-bond acceptors (Lipinski definition) is 5. The van der Waals surface area contributed by atoms with Gasteiger partial charge in [0.15, 0.2) is 5.65 Å². The van der Waals surface area contributed by atoms with Crippen LogP contribution >= 0.6 is 0 Å². The molecule has 4 aromatic rings. The molecule has 206 valence electrons. The maximum atomic E-state index is 12.8. The second kappa shape index (κ2) is 10.4. The Labute approximate surface area is 230 Å². The zero-order valence-electron chi connectivity index (χ0n) is 23.6. The van der Waals surface area contributed by atoms with E-state index in [0.717, 1.165) is 62.2 Å². The van der Waals surface area contributed by atoms with Gasteiger partial charge < -0.3 is 19.9 Å². The molecule has 0 aliphatic carbocycles. The summed E-state index contributed by atoms with van der Waals surface area (Å²) >= 11 is 0. The number of benzene rings is 1. The first kappa shape index (κ1) is 26.0. The van der Waals surface area contributed by atoms with Crippen molar-refractivity contribution < 1.29 is 9.90 Å². The fourth-order valence-corrected chi connectivity index (χ4v) is 6.64. The van der Waals surface area contributed by atoms with Crippen LogP contribution in [0.5, 0.6) is 0 Å². The Hall–Kier alpha value is -3.23. The van der Waals surface area contributed by atoms with Gasteiger partial charge in [-0.25, -0.2) is 9.50 Å². The van der Waals surface area contributed by atoms with Crippen molar-refractivity contribution in [2.75, 3.05) is 32.7 Å². The number of aromatic nitrogens is 4. The van der Waals surface area contributed by atoms with Gasteiger partial charge in [-0.05, 0) is 79.3 Å². The van der Waals surface area contributed by atoms with Gasteiger partial charge >= 0.3 is 0 Å². The Morgan fingerprint density at radius 3 is 2.64 bits per heavy atom. The molecule has 0 saturated carbocycles. The molecule has 2 N–H and O–H groups in total. The number of nitrogens with zero attached hydrogens (tertiary/aromatic N) is 5. The number of aryl methyl sites for hydroxylation is 1. The zero-order chi connectivity index (χ0) is 27.3. The lowest BCUT2D eigenvalue weighted by Crippen LogP contribution is -2.39. The molecule has 2 aliphatic heterocycles. The number of carbonyl (C=O) groups excluding carboxylic acids is 1. The van der Waals surface area contributed by atoms with Gasteiger partial charge in [-0.3, -0.25) is 4.79 Å². The van der Waals surface area contributed by atoms with Crippen molar-refractivity contribution in [3.63, 3.8) is 0 Å². The highest BCUT2D eigenvalue weighted by atomic mass is 16.3. The lowest BCUT2D eigenvalue weighted by atomic mass is 9.87. The van der Waals surface area contributed by atoms with Crippen LogP contribution < -0.4 is 0 Å². The van der Waals surface area contributed by atoms with Gasteiger partial charge in [0.2, 0.25) is 5.91 Å². The van der Waals surface area contributed by atoms with E-state index >= 15 is 0 Å². The second-order valence-corrected chi connectivity index (χ2v) is 11.8. The molecule has 3 aromatic heterocycles. The smallest absolute Gasteiger partial charge is 0.223 e. The number of amides is 1. The summed E-state index contributed by atoms with van der Waals surface area (Å²) in [6, 6.07) is 6.90. The molecule has 0 unspecified atom stereocenters. The SMILES string of the molecule is Cc1c(-c2[nH]c3ccc(C4CCN(C(=O)CCN5CC[C@H](O)C5)CC4)cc3c2C(C)C)cn2ncnc2c1C. The number of β-amino-alcohol motifs (C(OH)–C–C–N with tert-alkyl or cyclic N) is 1. The van der Waals surface area contributed by atoms with Crippen molar-refractivity contribution in [3.8, 4) is 11.3 Å². The van der Waals surface area contributed by atoms with Gasteiger partial charge in [-0.1, -0.05) is 19.9 Å². The van der Waals surface area contributed by atoms with Crippen molar-refractivity contribution in [3.05, 3.63) is 53.0 Å². The van der Waals surface area contributed by atoms with Gasteiger partial charge in [0, 0.05) is 61.8 Å². The number of hydrogen-bond donors (Lipinski definition) is 2. The van der Waals surface area contributed by atoms with E-state index in [9.17, 15) is 9.90 Å². The molecule has 5 heterocycles. The highest BCUT2D eigenvalue weighted by Gasteiger charge is 2.27. The first-order chi connectivity index (χ1) is 18.8. The van der Waals surface area contributed by atoms with E-state index in [1.807, 2.05) is 9.42 Å². The fourth-order valence-electron chi connectivity index (χ4n) is 6.64. The average molecular weight is 529 g/mol. The number of nitrogens with one attached hydrogen (secondary N) is 1. The lowest BCUT2D eigenvalue weighted by Gasteiger charge is -2.33. The summed E-state index contributed by atoms with van der Waals surface area (Å²) in [4.78, 5) is 25.3. The number of aliphatic hydroxyl groups excluding tert-OH is 1. The van der Waals surface area contributed by atoms with Crippen molar-refractivity contribution in [2.24, 2.45) is 0 Å². The zero-order valence-corrected chi connectivity index (χ0v) is 23.6. The summed E-state index contributed by atoms with van der Waals surface area (Å²) in [6.45, 7) is 12.8. The molecule has 0 radical (unpaired) electrons. The highest BCUT2D eigenvalue weighted by molar-refractivity contribution is 5.92. The van der Waals surface area contributed by atoms with Crippen LogP contribution in [0.1, 0.15) is 73.6 Å². The van der Waals surface area contributed by atoms with Crippen molar-refractivity contribution in [1.29, 1.82) is 0 Å². The van der Waals surface area contributed by atoms with Crippen LogP contribution in [0.4, 0.5) is 0 Å². The Morgan fingerprint density at radius 1 is 1.13 bits per heavy atom. The molecule has 8 nitrogen and oxygen atoms in total. The minimum atomic E-state index is -0.231. The van der Waals surface area contributed by atoms with E-state index < -0.39 is 0 Å². The van der Waals surface area contributed by atoms with E-state index in [0.29, 0.717) is 24.8 Å². The van der Waals surface area contributed by atoms with E-state index in [1.54, 1.807) is 6.33 Å². The molecule has 39 heavy (non-hydrogen) atoms. The molecule has 6 rings (SSSR count). The van der Waals surface area contributed by atoms with E-state index in [2.05, 4.69) is 72.1 Å². The molecule has 2 fully saturated rings. The maximum Gasteiger partial charge on any atom is 0.223 e. The fraction of sp³-hybridized carbons (Fsp3) is 0.516. The van der Waals surface area contributed by atoms with Gasteiger partial charge in [-0.15, -0.1) is 0 Å². The van der Waals surface area contributed by atoms with Gasteiger partial charge in [-0.2, -0.15) is 5.10 Å². The van der Waals surface area contributed by atoms with E-state index in [1.165, 1.54) is 33.3 Å². The number of aromatic amines is 1. The molecule has 2 saturated heterocycles. The lowest BCUT2D eigenvalue weighted by molar-refractivity contribution is -0.132. The molecule has 1 aromatic carbocycles. The maximum absolute atomic E-state index is 12.8. The van der Waals surface area contributed by atoms with Crippen molar-refractivity contribution in [1.82, 2.24) is 29.4 Å². The predicted molar refractivity (Wildman–Crippen MR) is 154 cm³/mol. The van der Waals surface area contributed by atoms with Crippen LogP contribution in [0, 0.1) is 13.8 Å². The average Bonchev–Trinajstić information content (AvgIpc) is 3.67. The predicted octanol–water partition coefficient (Wildman–Crippen LogP) is 4.78. The first-order valence-corrected chi connectivity index (χ1v) is 14.4. The monoisotopic (exact) mass is 528 g/mol. The molecule has 8 heteroatoms. The third-order valence-corrected chi connectivity index (χ3v) is 9.04. The van der Waals surface area contributed by atoms with E-state index in [4.69, 9.17) is 0 Å². The van der Waals surface area contributed by atoms with Crippen LogP contribution in [0.2, 0.25) is 0 Å². The van der Waals surface area contributed by atoms with Crippen molar-refractivity contribution in [2.45, 2.75) is 71.3 Å². The molecule has 1 atom stereocenters. The van der Waals surface area contributed by atoms with Crippen LogP contribution in [0.25, 0.3) is 27.8 Å². The normalized spacial score (nSPS) is 19.2.